The number of hydrogen-bond donors (Lipinski definition) is 1. The Morgan fingerprint density at radius 1 is 1.38 bits per heavy atom. The molecule has 3 atom stereocenters. The maximum absolute atomic E-state index is 12.1. The highest BCUT2D eigenvalue weighted by Crippen LogP contribution is 2.40. The van der Waals surface area contributed by atoms with Gasteiger partial charge in [-0.15, -0.1) is 0 Å². The molecule has 1 aliphatic carbocycles. The first-order valence-corrected chi connectivity index (χ1v) is 5.76. The highest BCUT2D eigenvalue weighted by atomic mass is 16.5. The summed E-state index contributed by atoms with van der Waals surface area (Å²) in [7, 11) is 1.55. The Morgan fingerprint density at radius 2 is 1.94 bits per heavy atom. The van der Waals surface area contributed by atoms with E-state index in [1.807, 2.05) is 0 Å². The van der Waals surface area contributed by atoms with E-state index in [4.69, 9.17) is 10.5 Å². The average Bonchev–Trinajstić information content (AvgIpc) is 2.83. The first-order chi connectivity index (χ1) is 7.70. The molecule has 1 saturated carbocycles. The number of carbonyl (C=O) groups is 2. The van der Waals surface area contributed by atoms with Crippen LogP contribution in [0.4, 0.5) is 0 Å². The van der Waals surface area contributed by atoms with Crippen molar-refractivity contribution in [3.05, 3.63) is 0 Å². The Labute approximate surface area is 94.9 Å². The summed E-state index contributed by atoms with van der Waals surface area (Å²) in [5, 5.41) is 0. The molecule has 1 aliphatic heterocycles. The number of nitrogens with zero attached hydrogens (tertiary/aromatic N) is 1. The zero-order valence-electron chi connectivity index (χ0n) is 9.52. The minimum atomic E-state index is -0.296. The fourth-order valence-corrected chi connectivity index (χ4v) is 2.82. The van der Waals surface area contributed by atoms with E-state index in [1.165, 1.54) is 4.90 Å². The fraction of sp³-hybridized carbons (Fsp3) is 0.818. The van der Waals surface area contributed by atoms with Gasteiger partial charge in [-0.05, 0) is 12.8 Å². The largest absolute Gasteiger partial charge is 0.382 e. The van der Waals surface area contributed by atoms with E-state index in [9.17, 15) is 9.59 Å². The molecule has 2 amide bonds. The summed E-state index contributed by atoms with van der Waals surface area (Å²) in [6, 6.07) is -0.296. The summed E-state index contributed by atoms with van der Waals surface area (Å²) in [5.41, 5.74) is 5.59. The Hall–Kier alpha value is -0.940. The molecule has 2 aliphatic rings. The third-order valence-electron chi connectivity index (χ3n) is 3.62. The van der Waals surface area contributed by atoms with Gasteiger partial charge in [0.2, 0.25) is 11.8 Å². The molecule has 5 nitrogen and oxygen atoms in total. The van der Waals surface area contributed by atoms with Crippen LogP contribution >= 0.6 is 0 Å². The lowest BCUT2D eigenvalue weighted by atomic mass is 10.00. The van der Waals surface area contributed by atoms with Gasteiger partial charge in [-0.2, -0.15) is 0 Å². The molecule has 0 radical (unpaired) electrons. The minimum Gasteiger partial charge on any atom is -0.382 e. The molecule has 2 N–H and O–H groups in total. The monoisotopic (exact) mass is 226 g/mol. The first-order valence-electron chi connectivity index (χ1n) is 5.76. The van der Waals surface area contributed by atoms with Crippen molar-refractivity contribution in [2.45, 2.75) is 25.3 Å². The second-order valence-electron chi connectivity index (χ2n) is 4.54. The molecule has 16 heavy (non-hydrogen) atoms. The van der Waals surface area contributed by atoms with Crippen LogP contribution in [0, 0.1) is 11.8 Å². The van der Waals surface area contributed by atoms with E-state index in [1.54, 1.807) is 7.11 Å². The number of hydrogen-bond acceptors (Lipinski definition) is 4. The third-order valence-corrected chi connectivity index (χ3v) is 3.62. The number of imide groups is 1. The predicted molar refractivity (Wildman–Crippen MR) is 57.4 cm³/mol. The van der Waals surface area contributed by atoms with Gasteiger partial charge in [0.1, 0.15) is 0 Å². The summed E-state index contributed by atoms with van der Waals surface area (Å²) in [5.74, 6) is -0.253. The second kappa shape index (κ2) is 4.51. The number of methoxy groups -OCH3 is 1. The molecule has 5 heteroatoms. The van der Waals surface area contributed by atoms with Gasteiger partial charge in [-0.3, -0.25) is 14.5 Å². The Balaban J connectivity index is 2.16. The summed E-state index contributed by atoms with van der Waals surface area (Å²) >= 11 is 0. The first kappa shape index (κ1) is 11.5. The van der Waals surface area contributed by atoms with E-state index in [0.717, 1.165) is 19.3 Å². The molecule has 1 saturated heterocycles. The van der Waals surface area contributed by atoms with E-state index in [2.05, 4.69) is 0 Å². The quantitative estimate of drug-likeness (QED) is 0.671. The van der Waals surface area contributed by atoms with Crippen molar-refractivity contribution >= 4 is 11.8 Å². The Kier molecular flexibility index (Phi) is 3.25. The smallest absolute Gasteiger partial charge is 0.233 e. The zero-order chi connectivity index (χ0) is 11.7. The normalized spacial score (nSPS) is 31.0. The van der Waals surface area contributed by atoms with Crippen molar-refractivity contribution < 1.29 is 14.3 Å². The molecular weight excluding hydrogens is 208 g/mol. The van der Waals surface area contributed by atoms with Crippen LogP contribution in [0.5, 0.6) is 0 Å². The lowest BCUT2D eigenvalue weighted by molar-refractivity contribution is -0.144. The minimum absolute atomic E-state index is 0.0417. The van der Waals surface area contributed by atoms with Crippen molar-refractivity contribution in [1.82, 2.24) is 4.90 Å². The SMILES string of the molecule is COCC(CN)N1C(=O)C2CCCC2C1=O. The van der Waals surface area contributed by atoms with Crippen LogP contribution in [0.15, 0.2) is 0 Å². The molecule has 90 valence electrons. The highest BCUT2D eigenvalue weighted by molar-refractivity contribution is 6.05. The van der Waals surface area contributed by atoms with Crippen molar-refractivity contribution in [2.75, 3.05) is 20.3 Å². The van der Waals surface area contributed by atoms with Crippen LogP contribution in [0.3, 0.4) is 0 Å². The van der Waals surface area contributed by atoms with Crippen LogP contribution in [0.1, 0.15) is 19.3 Å². The van der Waals surface area contributed by atoms with Crippen molar-refractivity contribution in [1.29, 1.82) is 0 Å². The van der Waals surface area contributed by atoms with E-state index in [0.29, 0.717) is 6.61 Å². The maximum atomic E-state index is 12.1. The van der Waals surface area contributed by atoms with Gasteiger partial charge in [0.15, 0.2) is 0 Å². The zero-order valence-corrected chi connectivity index (χ0v) is 9.52. The molecule has 0 spiro atoms. The summed E-state index contributed by atoms with van der Waals surface area (Å²) in [6.45, 7) is 0.595. The fourth-order valence-electron chi connectivity index (χ4n) is 2.82. The van der Waals surface area contributed by atoms with Crippen LogP contribution in [0.2, 0.25) is 0 Å². The van der Waals surface area contributed by atoms with Crippen LogP contribution in [-0.4, -0.2) is 43.0 Å². The van der Waals surface area contributed by atoms with Crippen LogP contribution in [-0.2, 0) is 14.3 Å². The lowest BCUT2D eigenvalue weighted by Gasteiger charge is -2.25. The summed E-state index contributed by atoms with van der Waals surface area (Å²) in [6.07, 6.45) is 2.67. The number of nitrogens with two attached hydrogens (primary N) is 1. The average molecular weight is 226 g/mol. The van der Waals surface area contributed by atoms with Crippen molar-refractivity contribution in [2.24, 2.45) is 17.6 Å². The highest BCUT2D eigenvalue weighted by Gasteiger charge is 2.51. The van der Waals surface area contributed by atoms with Crippen LogP contribution < -0.4 is 5.73 Å². The number of amides is 2. The molecule has 2 rings (SSSR count). The molecule has 0 bridgehead atoms. The molecule has 0 aromatic carbocycles. The van der Waals surface area contributed by atoms with Gasteiger partial charge in [0.25, 0.3) is 0 Å². The van der Waals surface area contributed by atoms with E-state index in [-0.39, 0.29) is 36.2 Å². The Morgan fingerprint density at radius 3 is 2.38 bits per heavy atom. The van der Waals surface area contributed by atoms with Crippen LogP contribution in [0.25, 0.3) is 0 Å². The van der Waals surface area contributed by atoms with Gasteiger partial charge in [0.05, 0.1) is 24.5 Å². The number of fused-ring (bicyclic) bond motifs is 1. The Bertz CT molecular complexity index is 284. The standard InChI is InChI=1S/C11H18N2O3/c1-16-6-7(5-12)13-10(14)8-3-2-4-9(8)11(13)15/h7-9H,2-6,12H2,1H3. The molecule has 2 fully saturated rings. The topological polar surface area (TPSA) is 72.6 Å². The lowest BCUT2D eigenvalue weighted by Crippen LogP contribution is -2.47. The second-order valence-corrected chi connectivity index (χ2v) is 4.54. The predicted octanol–water partition coefficient (Wildman–Crippen LogP) is -0.255. The molecule has 1 heterocycles. The molecule has 0 aromatic rings. The summed E-state index contributed by atoms with van der Waals surface area (Å²) in [4.78, 5) is 25.5. The molecular formula is C11H18N2O3. The maximum Gasteiger partial charge on any atom is 0.233 e. The van der Waals surface area contributed by atoms with Crippen molar-refractivity contribution in [3.63, 3.8) is 0 Å². The van der Waals surface area contributed by atoms with E-state index >= 15 is 0 Å². The number of rotatable bonds is 4. The third kappa shape index (κ3) is 1.64. The van der Waals surface area contributed by atoms with Gasteiger partial charge in [-0.1, -0.05) is 6.42 Å². The number of ether oxygens (including phenoxy) is 1. The van der Waals surface area contributed by atoms with Gasteiger partial charge in [-0.25, -0.2) is 0 Å². The number of likely N-dealkylation sites (tertiary alicyclic amines) is 1. The summed E-state index contributed by atoms with van der Waals surface area (Å²) < 4.78 is 5.00. The van der Waals surface area contributed by atoms with Gasteiger partial charge >= 0.3 is 0 Å². The van der Waals surface area contributed by atoms with Gasteiger partial charge in [0, 0.05) is 13.7 Å². The molecule has 0 aromatic heterocycles. The van der Waals surface area contributed by atoms with Gasteiger partial charge < -0.3 is 10.5 Å². The van der Waals surface area contributed by atoms with Crippen molar-refractivity contribution in [3.8, 4) is 0 Å². The molecule has 3 unspecified atom stereocenters. The van der Waals surface area contributed by atoms with E-state index < -0.39 is 0 Å². The number of carbonyl (C=O) groups excluding carboxylic acids is 2.